The first-order valence-corrected chi connectivity index (χ1v) is 14.1. The van der Waals surface area contributed by atoms with Gasteiger partial charge in [-0.05, 0) is 41.7 Å². The molecule has 2 saturated heterocycles. The summed E-state index contributed by atoms with van der Waals surface area (Å²) in [5.74, 6) is 1.99. The fourth-order valence-corrected chi connectivity index (χ4v) is 6.89. The normalized spacial score (nSPS) is 19.6. The number of hydrogen-bond acceptors (Lipinski definition) is 6. The van der Waals surface area contributed by atoms with E-state index in [4.69, 9.17) is 9.47 Å². The van der Waals surface area contributed by atoms with Crippen molar-refractivity contribution in [2.45, 2.75) is 36.2 Å². The molecule has 7 nitrogen and oxygen atoms in total. The Bertz CT molecular complexity index is 1260. The van der Waals surface area contributed by atoms with Crippen LogP contribution in [0.25, 0.3) is 0 Å². The SMILES string of the molecule is O=C(NCc1ccc2c(c1)OCO2)C1CSC2(CCN(C(=O)C(c3ccccc3)c3ccccc3)CC2)N1. The monoisotopic (exact) mass is 529 g/mol. The van der Waals surface area contributed by atoms with Gasteiger partial charge in [0.2, 0.25) is 18.6 Å². The smallest absolute Gasteiger partial charge is 0.238 e. The van der Waals surface area contributed by atoms with Gasteiger partial charge in [-0.2, -0.15) is 0 Å². The molecule has 1 unspecified atom stereocenters. The maximum atomic E-state index is 13.8. The van der Waals surface area contributed by atoms with Gasteiger partial charge in [-0.3, -0.25) is 14.9 Å². The molecule has 6 rings (SSSR count). The predicted molar refractivity (Wildman–Crippen MR) is 147 cm³/mol. The van der Waals surface area contributed by atoms with Gasteiger partial charge < -0.3 is 19.7 Å². The highest BCUT2D eigenvalue weighted by Gasteiger charge is 2.45. The lowest BCUT2D eigenvalue weighted by molar-refractivity contribution is -0.133. The molecular formula is C30H31N3O4S. The second kappa shape index (κ2) is 10.7. The third-order valence-corrected chi connectivity index (χ3v) is 9.16. The van der Waals surface area contributed by atoms with Crippen molar-refractivity contribution in [2.24, 2.45) is 0 Å². The summed E-state index contributed by atoms with van der Waals surface area (Å²) >= 11 is 1.81. The number of fused-ring (bicyclic) bond motifs is 1. The molecule has 2 N–H and O–H groups in total. The molecular weight excluding hydrogens is 498 g/mol. The Morgan fingerprint density at radius 3 is 2.29 bits per heavy atom. The summed E-state index contributed by atoms with van der Waals surface area (Å²) in [6.07, 6.45) is 1.62. The topological polar surface area (TPSA) is 79.9 Å². The number of benzene rings is 3. The second-order valence-electron chi connectivity index (χ2n) is 9.99. The van der Waals surface area contributed by atoms with Crippen LogP contribution in [0.4, 0.5) is 0 Å². The number of likely N-dealkylation sites (tertiary alicyclic amines) is 1. The van der Waals surface area contributed by atoms with Crippen LogP contribution in [0.1, 0.15) is 35.4 Å². The van der Waals surface area contributed by atoms with E-state index in [0.29, 0.717) is 25.4 Å². The summed E-state index contributed by atoms with van der Waals surface area (Å²) in [6.45, 7) is 2.01. The van der Waals surface area contributed by atoms with Crippen LogP contribution in [0, 0.1) is 0 Å². The fourth-order valence-electron chi connectivity index (χ4n) is 5.48. The molecule has 3 heterocycles. The standard InChI is InChI=1S/C30H31N3O4S/c34-28(31-18-21-11-12-25-26(17-21)37-20-36-25)24-19-38-30(32-24)13-15-33(16-14-30)29(35)27(22-7-3-1-4-8-22)23-9-5-2-6-10-23/h1-12,17,24,27,32H,13-16,18-20H2,(H,31,34). The largest absolute Gasteiger partial charge is 0.454 e. The van der Waals surface area contributed by atoms with Crippen molar-refractivity contribution in [1.29, 1.82) is 0 Å². The van der Waals surface area contributed by atoms with E-state index < -0.39 is 0 Å². The Morgan fingerprint density at radius 1 is 0.947 bits per heavy atom. The Kier molecular flexibility index (Phi) is 7.00. The zero-order valence-electron chi connectivity index (χ0n) is 21.1. The maximum Gasteiger partial charge on any atom is 0.238 e. The molecule has 2 fully saturated rings. The molecule has 3 aromatic carbocycles. The van der Waals surface area contributed by atoms with E-state index in [1.54, 1.807) is 0 Å². The summed E-state index contributed by atoms with van der Waals surface area (Å²) < 4.78 is 10.8. The second-order valence-corrected chi connectivity index (χ2v) is 11.4. The highest BCUT2D eigenvalue weighted by Crippen LogP contribution is 2.40. The van der Waals surface area contributed by atoms with Crippen LogP contribution in [0.15, 0.2) is 78.9 Å². The van der Waals surface area contributed by atoms with Crippen molar-refractivity contribution in [3.05, 3.63) is 95.6 Å². The van der Waals surface area contributed by atoms with Crippen LogP contribution in [0.3, 0.4) is 0 Å². The van der Waals surface area contributed by atoms with E-state index in [-0.39, 0.29) is 35.4 Å². The van der Waals surface area contributed by atoms with Crippen LogP contribution in [0.2, 0.25) is 0 Å². The van der Waals surface area contributed by atoms with E-state index in [1.165, 1.54) is 0 Å². The minimum absolute atomic E-state index is 0.00114. The summed E-state index contributed by atoms with van der Waals surface area (Å²) in [5.41, 5.74) is 2.99. The molecule has 2 amide bonds. The van der Waals surface area contributed by atoms with Gasteiger partial charge in [-0.25, -0.2) is 0 Å². The third-order valence-electron chi connectivity index (χ3n) is 7.58. The Balaban J connectivity index is 1.05. The van der Waals surface area contributed by atoms with Gasteiger partial charge in [-0.15, -0.1) is 11.8 Å². The molecule has 1 spiro atoms. The number of nitrogens with zero attached hydrogens (tertiary/aromatic N) is 1. The molecule has 38 heavy (non-hydrogen) atoms. The molecule has 0 aromatic heterocycles. The molecule has 0 radical (unpaired) electrons. The van der Waals surface area contributed by atoms with Crippen molar-refractivity contribution in [3.63, 3.8) is 0 Å². The van der Waals surface area contributed by atoms with Crippen LogP contribution in [0.5, 0.6) is 11.5 Å². The average molecular weight is 530 g/mol. The quantitative estimate of drug-likeness (QED) is 0.505. The summed E-state index contributed by atoms with van der Waals surface area (Å²) in [5, 5.41) is 6.66. The number of carbonyl (C=O) groups is 2. The highest BCUT2D eigenvalue weighted by molar-refractivity contribution is 8.01. The minimum Gasteiger partial charge on any atom is -0.454 e. The lowest BCUT2D eigenvalue weighted by Gasteiger charge is -2.40. The van der Waals surface area contributed by atoms with Gasteiger partial charge in [0, 0.05) is 25.4 Å². The lowest BCUT2D eigenvalue weighted by atomic mass is 9.89. The van der Waals surface area contributed by atoms with Gasteiger partial charge in [0.15, 0.2) is 11.5 Å². The maximum absolute atomic E-state index is 13.8. The van der Waals surface area contributed by atoms with Crippen molar-refractivity contribution in [2.75, 3.05) is 25.6 Å². The van der Waals surface area contributed by atoms with E-state index in [1.807, 2.05) is 95.5 Å². The van der Waals surface area contributed by atoms with Crippen LogP contribution in [-0.4, -0.2) is 53.3 Å². The van der Waals surface area contributed by atoms with Gasteiger partial charge in [0.05, 0.1) is 16.8 Å². The summed E-state index contributed by atoms with van der Waals surface area (Å²) in [6, 6.07) is 25.5. The van der Waals surface area contributed by atoms with Crippen LogP contribution in [-0.2, 0) is 16.1 Å². The molecule has 3 aliphatic rings. The summed E-state index contributed by atoms with van der Waals surface area (Å²) in [4.78, 5) is 28.5. The van der Waals surface area contributed by atoms with Gasteiger partial charge >= 0.3 is 0 Å². The number of piperidine rings is 1. The number of thioether (sulfide) groups is 1. The zero-order chi connectivity index (χ0) is 26.0. The van der Waals surface area contributed by atoms with Crippen LogP contribution < -0.4 is 20.1 Å². The van der Waals surface area contributed by atoms with Gasteiger partial charge in [-0.1, -0.05) is 66.7 Å². The average Bonchev–Trinajstić information content (AvgIpc) is 3.60. The molecule has 3 aromatic rings. The Morgan fingerprint density at radius 2 is 1.61 bits per heavy atom. The lowest BCUT2D eigenvalue weighted by Crippen LogP contribution is -2.54. The zero-order valence-corrected chi connectivity index (χ0v) is 21.9. The van der Waals surface area contributed by atoms with Crippen molar-refractivity contribution in [1.82, 2.24) is 15.5 Å². The molecule has 0 bridgehead atoms. The van der Waals surface area contributed by atoms with Gasteiger partial charge in [0.25, 0.3) is 0 Å². The van der Waals surface area contributed by atoms with Crippen molar-refractivity contribution < 1.29 is 19.1 Å². The number of ether oxygens (including phenoxy) is 2. The van der Waals surface area contributed by atoms with E-state index in [9.17, 15) is 9.59 Å². The predicted octanol–water partition coefficient (Wildman–Crippen LogP) is 3.89. The first kappa shape index (κ1) is 24.8. The van der Waals surface area contributed by atoms with Gasteiger partial charge in [0.1, 0.15) is 0 Å². The Labute approximate surface area is 226 Å². The molecule has 3 aliphatic heterocycles. The number of hydrogen-bond donors (Lipinski definition) is 2. The first-order chi connectivity index (χ1) is 18.6. The number of nitrogens with one attached hydrogen (secondary N) is 2. The van der Waals surface area contributed by atoms with Crippen molar-refractivity contribution >= 4 is 23.6 Å². The van der Waals surface area contributed by atoms with Crippen LogP contribution >= 0.6 is 11.8 Å². The fraction of sp³-hybridized carbons (Fsp3) is 0.333. The highest BCUT2D eigenvalue weighted by atomic mass is 32.2. The van der Waals surface area contributed by atoms with Crippen molar-refractivity contribution in [3.8, 4) is 11.5 Å². The number of carbonyl (C=O) groups excluding carboxylic acids is 2. The van der Waals surface area contributed by atoms with E-state index in [2.05, 4.69) is 10.6 Å². The van der Waals surface area contributed by atoms with E-state index in [0.717, 1.165) is 41.0 Å². The third kappa shape index (κ3) is 5.11. The minimum atomic E-state index is -0.314. The summed E-state index contributed by atoms with van der Waals surface area (Å²) in [7, 11) is 0. The van der Waals surface area contributed by atoms with E-state index >= 15 is 0 Å². The molecule has 196 valence electrons. The molecule has 0 saturated carbocycles. The Hall–Kier alpha value is -3.49. The number of amides is 2. The number of rotatable bonds is 6. The molecule has 0 aliphatic carbocycles. The molecule has 1 atom stereocenters. The molecule has 8 heteroatoms. The first-order valence-electron chi connectivity index (χ1n) is 13.1.